The summed E-state index contributed by atoms with van der Waals surface area (Å²) in [7, 11) is 1.76. The molecule has 94 valence electrons. The van der Waals surface area contributed by atoms with Gasteiger partial charge in [0.25, 0.3) is 0 Å². The summed E-state index contributed by atoms with van der Waals surface area (Å²) in [6.45, 7) is 2.02. The van der Waals surface area contributed by atoms with E-state index < -0.39 is 6.04 Å². The van der Waals surface area contributed by atoms with Gasteiger partial charge in [0.05, 0.1) is 18.2 Å². The molecule has 0 aromatic rings. The molecule has 1 fully saturated rings. The summed E-state index contributed by atoms with van der Waals surface area (Å²) in [6, 6.07) is -0.451. The lowest BCUT2D eigenvalue weighted by molar-refractivity contribution is -0.136. The Labute approximate surface area is 97.8 Å². The fourth-order valence-electron chi connectivity index (χ4n) is 2.40. The first-order valence-electron chi connectivity index (χ1n) is 6.28. The standard InChI is InChI=1S/C12H24N2O2/c1-3-6-9(13)12(16)14(2)10-7-4-5-8-11(10)15/h9-11,15H,3-8,13H2,1-2H3. The molecule has 0 bridgehead atoms. The summed E-state index contributed by atoms with van der Waals surface area (Å²) < 4.78 is 0. The first-order chi connectivity index (χ1) is 7.57. The highest BCUT2D eigenvalue weighted by Gasteiger charge is 2.31. The van der Waals surface area contributed by atoms with Crippen molar-refractivity contribution in [3.63, 3.8) is 0 Å². The number of aliphatic hydroxyl groups is 1. The van der Waals surface area contributed by atoms with E-state index in [1.807, 2.05) is 6.92 Å². The van der Waals surface area contributed by atoms with E-state index in [4.69, 9.17) is 5.73 Å². The van der Waals surface area contributed by atoms with E-state index in [0.29, 0.717) is 6.42 Å². The third-order valence-electron chi connectivity index (χ3n) is 3.46. The molecule has 3 N–H and O–H groups in total. The number of aliphatic hydroxyl groups excluding tert-OH is 1. The summed E-state index contributed by atoms with van der Waals surface area (Å²) in [5.41, 5.74) is 5.81. The number of rotatable bonds is 4. The van der Waals surface area contributed by atoms with Crippen LogP contribution < -0.4 is 5.73 Å². The molecular formula is C12H24N2O2. The van der Waals surface area contributed by atoms with Crippen LogP contribution in [0.1, 0.15) is 45.4 Å². The van der Waals surface area contributed by atoms with Gasteiger partial charge in [-0.1, -0.05) is 26.2 Å². The average Bonchev–Trinajstić information content (AvgIpc) is 2.28. The molecule has 0 spiro atoms. The second-order valence-electron chi connectivity index (χ2n) is 4.76. The summed E-state index contributed by atoms with van der Waals surface area (Å²) in [6.07, 6.45) is 5.08. The minimum atomic E-state index is -0.413. The Balaban J connectivity index is 2.54. The van der Waals surface area contributed by atoms with Crippen molar-refractivity contribution < 1.29 is 9.90 Å². The Morgan fingerprint density at radius 2 is 2.12 bits per heavy atom. The molecule has 3 unspecified atom stereocenters. The van der Waals surface area contributed by atoms with E-state index in [9.17, 15) is 9.90 Å². The van der Waals surface area contributed by atoms with Crippen LogP contribution in [-0.2, 0) is 4.79 Å². The highest BCUT2D eigenvalue weighted by atomic mass is 16.3. The van der Waals surface area contributed by atoms with Gasteiger partial charge >= 0.3 is 0 Å². The smallest absolute Gasteiger partial charge is 0.239 e. The Bertz CT molecular complexity index is 233. The predicted octanol–water partition coefficient (Wildman–Crippen LogP) is 0.876. The third kappa shape index (κ3) is 3.19. The topological polar surface area (TPSA) is 66.6 Å². The van der Waals surface area contributed by atoms with Crippen LogP contribution in [0.3, 0.4) is 0 Å². The van der Waals surface area contributed by atoms with Gasteiger partial charge in [-0.25, -0.2) is 0 Å². The van der Waals surface area contributed by atoms with Gasteiger partial charge in [0.15, 0.2) is 0 Å². The molecule has 4 nitrogen and oxygen atoms in total. The van der Waals surface area contributed by atoms with Crippen molar-refractivity contribution in [1.82, 2.24) is 4.90 Å². The second kappa shape index (κ2) is 6.21. The molecule has 0 aromatic carbocycles. The van der Waals surface area contributed by atoms with E-state index in [0.717, 1.165) is 32.1 Å². The number of carbonyl (C=O) groups is 1. The quantitative estimate of drug-likeness (QED) is 0.750. The molecule has 1 amide bonds. The minimum absolute atomic E-state index is 0.0344. The summed E-state index contributed by atoms with van der Waals surface area (Å²) in [4.78, 5) is 13.6. The van der Waals surface area contributed by atoms with Gasteiger partial charge in [-0.15, -0.1) is 0 Å². The van der Waals surface area contributed by atoms with Gasteiger partial charge < -0.3 is 15.7 Å². The van der Waals surface area contributed by atoms with Crippen molar-refractivity contribution in [1.29, 1.82) is 0 Å². The maximum Gasteiger partial charge on any atom is 0.239 e. The van der Waals surface area contributed by atoms with E-state index in [-0.39, 0.29) is 18.1 Å². The molecule has 1 aliphatic carbocycles. The van der Waals surface area contributed by atoms with Gasteiger partial charge in [-0.3, -0.25) is 4.79 Å². The second-order valence-corrected chi connectivity index (χ2v) is 4.76. The monoisotopic (exact) mass is 228 g/mol. The number of carbonyl (C=O) groups excluding carboxylic acids is 1. The zero-order valence-corrected chi connectivity index (χ0v) is 10.4. The molecule has 0 aliphatic heterocycles. The number of nitrogens with zero attached hydrogens (tertiary/aromatic N) is 1. The van der Waals surface area contributed by atoms with E-state index >= 15 is 0 Å². The molecule has 0 saturated heterocycles. The summed E-state index contributed by atoms with van der Waals surface area (Å²) >= 11 is 0. The van der Waals surface area contributed by atoms with Crippen molar-refractivity contribution in [2.45, 2.75) is 63.6 Å². The predicted molar refractivity (Wildman–Crippen MR) is 63.9 cm³/mol. The number of likely N-dealkylation sites (N-methyl/N-ethyl adjacent to an activating group) is 1. The van der Waals surface area contributed by atoms with Gasteiger partial charge in [0.2, 0.25) is 5.91 Å². The highest BCUT2D eigenvalue weighted by Crippen LogP contribution is 2.22. The maximum atomic E-state index is 12.0. The zero-order chi connectivity index (χ0) is 12.1. The molecule has 0 heterocycles. The molecule has 16 heavy (non-hydrogen) atoms. The summed E-state index contributed by atoms with van der Waals surface area (Å²) in [5.74, 6) is -0.0344. The lowest BCUT2D eigenvalue weighted by atomic mass is 9.91. The molecule has 3 atom stereocenters. The van der Waals surface area contributed by atoms with Crippen LogP contribution in [0.2, 0.25) is 0 Å². The lowest BCUT2D eigenvalue weighted by Crippen LogP contribution is -2.51. The van der Waals surface area contributed by atoms with E-state index in [1.54, 1.807) is 11.9 Å². The van der Waals surface area contributed by atoms with E-state index in [1.165, 1.54) is 0 Å². The van der Waals surface area contributed by atoms with Gasteiger partial charge in [-0.05, 0) is 19.3 Å². The minimum Gasteiger partial charge on any atom is -0.391 e. The van der Waals surface area contributed by atoms with Crippen molar-refractivity contribution >= 4 is 5.91 Å². The number of hydrogen-bond acceptors (Lipinski definition) is 3. The average molecular weight is 228 g/mol. The summed E-state index contributed by atoms with van der Waals surface area (Å²) in [5, 5.41) is 9.87. The SMILES string of the molecule is CCCC(N)C(=O)N(C)C1CCCCC1O. The van der Waals surface area contributed by atoms with Crippen molar-refractivity contribution in [2.24, 2.45) is 5.73 Å². The van der Waals surface area contributed by atoms with Gasteiger partial charge in [0, 0.05) is 7.05 Å². The van der Waals surface area contributed by atoms with Gasteiger partial charge in [-0.2, -0.15) is 0 Å². The normalized spacial score (nSPS) is 27.5. The Morgan fingerprint density at radius 1 is 1.50 bits per heavy atom. The largest absolute Gasteiger partial charge is 0.391 e. The van der Waals surface area contributed by atoms with Crippen molar-refractivity contribution in [3.8, 4) is 0 Å². The van der Waals surface area contributed by atoms with Gasteiger partial charge in [0.1, 0.15) is 0 Å². The first-order valence-corrected chi connectivity index (χ1v) is 6.28. The molecule has 1 aliphatic rings. The Morgan fingerprint density at radius 3 is 2.69 bits per heavy atom. The zero-order valence-electron chi connectivity index (χ0n) is 10.4. The van der Waals surface area contributed by atoms with Crippen LogP contribution in [0.15, 0.2) is 0 Å². The van der Waals surface area contributed by atoms with Crippen LogP contribution in [0.5, 0.6) is 0 Å². The molecule has 0 aromatic heterocycles. The maximum absolute atomic E-state index is 12.0. The molecule has 1 saturated carbocycles. The van der Waals surface area contributed by atoms with Crippen LogP contribution in [0.25, 0.3) is 0 Å². The Kier molecular flexibility index (Phi) is 5.22. The van der Waals surface area contributed by atoms with Crippen LogP contribution in [0.4, 0.5) is 0 Å². The van der Waals surface area contributed by atoms with Crippen LogP contribution >= 0.6 is 0 Å². The third-order valence-corrected chi connectivity index (χ3v) is 3.46. The molecular weight excluding hydrogens is 204 g/mol. The lowest BCUT2D eigenvalue weighted by Gasteiger charge is -2.36. The highest BCUT2D eigenvalue weighted by molar-refractivity contribution is 5.81. The fourth-order valence-corrected chi connectivity index (χ4v) is 2.40. The Hall–Kier alpha value is -0.610. The molecule has 0 radical (unpaired) electrons. The fraction of sp³-hybridized carbons (Fsp3) is 0.917. The van der Waals surface area contributed by atoms with Crippen molar-refractivity contribution in [3.05, 3.63) is 0 Å². The molecule has 1 rings (SSSR count). The van der Waals surface area contributed by atoms with E-state index in [2.05, 4.69) is 0 Å². The van der Waals surface area contributed by atoms with Crippen LogP contribution in [-0.4, -0.2) is 41.1 Å². The molecule has 4 heteroatoms. The van der Waals surface area contributed by atoms with Crippen molar-refractivity contribution in [2.75, 3.05) is 7.05 Å². The number of nitrogens with two attached hydrogens (primary N) is 1. The number of hydrogen-bond donors (Lipinski definition) is 2. The van der Waals surface area contributed by atoms with Crippen LogP contribution in [0, 0.1) is 0 Å². The number of amides is 1. The first kappa shape index (κ1) is 13.5.